The van der Waals surface area contributed by atoms with Crippen molar-refractivity contribution in [1.82, 2.24) is 15.5 Å². The number of halogens is 3. The van der Waals surface area contributed by atoms with Crippen LogP contribution in [0.5, 0.6) is 11.5 Å². The van der Waals surface area contributed by atoms with Crippen LogP contribution in [0.1, 0.15) is 21.5 Å². The van der Waals surface area contributed by atoms with E-state index in [-0.39, 0.29) is 5.91 Å². The Kier molecular flexibility index (Phi) is 7.28. The summed E-state index contributed by atoms with van der Waals surface area (Å²) in [4.78, 5) is 12.5. The van der Waals surface area contributed by atoms with Gasteiger partial charge < -0.3 is 14.8 Å². The fourth-order valence-electron chi connectivity index (χ4n) is 3.73. The molecule has 4 rings (SSSR count). The second-order valence-corrected chi connectivity index (χ2v) is 8.02. The number of amides is 1. The van der Waals surface area contributed by atoms with E-state index in [0.29, 0.717) is 47.0 Å². The zero-order valence-electron chi connectivity index (χ0n) is 19.6. The van der Waals surface area contributed by atoms with Gasteiger partial charge in [-0.2, -0.15) is 18.3 Å². The van der Waals surface area contributed by atoms with Gasteiger partial charge in [-0.1, -0.05) is 30.3 Å². The van der Waals surface area contributed by atoms with Crippen molar-refractivity contribution in [3.63, 3.8) is 0 Å². The molecular formula is C27H24F3N3O3. The van der Waals surface area contributed by atoms with Crippen LogP contribution in [0.3, 0.4) is 0 Å². The predicted molar refractivity (Wildman–Crippen MR) is 130 cm³/mol. The summed E-state index contributed by atoms with van der Waals surface area (Å²) in [6.07, 6.45) is -3.80. The Morgan fingerprint density at radius 2 is 1.67 bits per heavy atom. The van der Waals surface area contributed by atoms with Crippen LogP contribution in [0.2, 0.25) is 0 Å². The number of hydrogen-bond acceptors (Lipinski definition) is 4. The zero-order chi connectivity index (χ0) is 25.7. The number of carbonyl (C=O) groups excluding carboxylic acids is 1. The topological polar surface area (TPSA) is 76.2 Å². The Morgan fingerprint density at radius 1 is 0.917 bits per heavy atom. The van der Waals surface area contributed by atoms with Gasteiger partial charge >= 0.3 is 6.18 Å². The lowest BCUT2D eigenvalue weighted by Gasteiger charge is -2.10. The minimum absolute atomic E-state index is 0.212. The van der Waals surface area contributed by atoms with Crippen molar-refractivity contribution >= 4 is 5.91 Å². The molecule has 0 radical (unpaired) electrons. The molecule has 0 atom stereocenters. The Morgan fingerprint density at radius 3 is 2.36 bits per heavy atom. The molecule has 2 N–H and O–H groups in total. The van der Waals surface area contributed by atoms with E-state index in [0.717, 1.165) is 23.3 Å². The Balaban J connectivity index is 1.38. The number of benzene rings is 3. The fourth-order valence-corrected chi connectivity index (χ4v) is 3.73. The average molecular weight is 496 g/mol. The summed E-state index contributed by atoms with van der Waals surface area (Å²) in [5, 5.41) is 9.89. The molecule has 0 aliphatic rings. The van der Waals surface area contributed by atoms with Crippen LogP contribution in [0, 0.1) is 0 Å². The van der Waals surface area contributed by atoms with E-state index in [1.54, 1.807) is 50.6 Å². The van der Waals surface area contributed by atoms with Gasteiger partial charge in [0, 0.05) is 17.7 Å². The highest BCUT2D eigenvalue weighted by atomic mass is 19.4. The summed E-state index contributed by atoms with van der Waals surface area (Å²) in [6, 6.07) is 19.2. The van der Waals surface area contributed by atoms with E-state index in [1.807, 2.05) is 18.2 Å². The fraction of sp³-hybridized carbons (Fsp3) is 0.185. The van der Waals surface area contributed by atoms with Crippen LogP contribution in [-0.2, 0) is 12.6 Å². The van der Waals surface area contributed by atoms with Gasteiger partial charge in [-0.05, 0) is 60.0 Å². The Bertz CT molecular complexity index is 1350. The van der Waals surface area contributed by atoms with Gasteiger partial charge in [0.1, 0.15) is 0 Å². The minimum Gasteiger partial charge on any atom is -0.493 e. The van der Waals surface area contributed by atoms with E-state index >= 15 is 0 Å². The smallest absolute Gasteiger partial charge is 0.416 e. The number of carbonyl (C=O) groups is 1. The molecule has 0 fully saturated rings. The molecule has 186 valence electrons. The summed E-state index contributed by atoms with van der Waals surface area (Å²) in [6.45, 7) is 0.441. The standard InChI is InChI=1S/C27H24F3N3O3/c1-35-24-11-6-17(14-25(24)36-2)12-13-31-26(34)19-9-7-18(8-10-19)22-16-23(33-32-22)20-4-3-5-21(15-20)27(28,29)30/h3-11,14-16H,12-13H2,1-2H3,(H,31,34)(H,32,33). The summed E-state index contributed by atoms with van der Waals surface area (Å²) in [7, 11) is 3.15. The molecule has 0 aliphatic carbocycles. The van der Waals surface area contributed by atoms with Crippen molar-refractivity contribution < 1.29 is 27.4 Å². The van der Waals surface area contributed by atoms with Crippen molar-refractivity contribution in [3.05, 3.63) is 89.5 Å². The van der Waals surface area contributed by atoms with Crippen molar-refractivity contribution in [1.29, 1.82) is 0 Å². The molecule has 3 aromatic carbocycles. The van der Waals surface area contributed by atoms with Gasteiger partial charge in [-0.3, -0.25) is 9.89 Å². The normalized spacial score (nSPS) is 11.2. The van der Waals surface area contributed by atoms with E-state index < -0.39 is 11.7 Å². The van der Waals surface area contributed by atoms with Crippen LogP contribution in [-0.4, -0.2) is 36.9 Å². The van der Waals surface area contributed by atoms with Gasteiger partial charge in [-0.25, -0.2) is 0 Å². The maximum absolute atomic E-state index is 13.0. The second kappa shape index (κ2) is 10.6. The first-order valence-corrected chi connectivity index (χ1v) is 11.1. The van der Waals surface area contributed by atoms with Gasteiger partial charge in [0.05, 0.1) is 31.2 Å². The maximum Gasteiger partial charge on any atom is 0.416 e. The average Bonchev–Trinajstić information content (AvgIpc) is 3.38. The van der Waals surface area contributed by atoms with E-state index in [4.69, 9.17) is 9.47 Å². The first-order chi connectivity index (χ1) is 17.3. The van der Waals surface area contributed by atoms with E-state index in [1.165, 1.54) is 6.07 Å². The molecule has 9 heteroatoms. The largest absolute Gasteiger partial charge is 0.493 e. The number of aromatic nitrogens is 2. The summed E-state index contributed by atoms with van der Waals surface area (Å²) in [5.74, 6) is 1.06. The van der Waals surface area contributed by atoms with Crippen LogP contribution in [0.15, 0.2) is 72.8 Å². The highest BCUT2D eigenvalue weighted by Crippen LogP contribution is 2.32. The molecule has 0 bridgehead atoms. The molecule has 1 aromatic heterocycles. The Labute approximate surface area is 206 Å². The minimum atomic E-state index is -4.42. The monoisotopic (exact) mass is 495 g/mol. The van der Waals surface area contributed by atoms with Crippen LogP contribution in [0.25, 0.3) is 22.5 Å². The van der Waals surface area contributed by atoms with Gasteiger partial charge in [0.25, 0.3) is 5.91 Å². The first-order valence-electron chi connectivity index (χ1n) is 11.1. The number of alkyl halides is 3. The number of methoxy groups -OCH3 is 2. The number of ether oxygens (including phenoxy) is 2. The quantitative estimate of drug-likeness (QED) is 0.326. The van der Waals surface area contributed by atoms with Gasteiger partial charge in [0.2, 0.25) is 0 Å². The molecule has 36 heavy (non-hydrogen) atoms. The van der Waals surface area contributed by atoms with Crippen LogP contribution in [0.4, 0.5) is 13.2 Å². The number of nitrogens with one attached hydrogen (secondary N) is 2. The van der Waals surface area contributed by atoms with Gasteiger partial charge in [-0.15, -0.1) is 0 Å². The zero-order valence-corrected chi connectivity index (χ0v) is 19.6. The summed E-state index contributed by atoms with van der Waals surface area (Å²) in [5.41, 5.74) is 2.89. The van der Waals surface area contributed by atoms with Crippen molar-refractivity contribution in [2.75, 3.05) is 20.8 Å². The van der Waals surface area contributed by atoms with E-state index in [2.05, 4.69) is 15.5 Å². The molecule has 1 heterocycles. The summed E-state index contributed by atoms with van der Waals surface area (Å²) >= 11 is 0. The molecule has 0 unspecified atom stereocenters. The van der Waals surface area contributed by atoms with Crippen LogP contribution >= 0.6 is 0 Å². The number of nitrogens with zero attached hydrogens (tertiary/aromatic N) is 1. The molecular weight excluding hydrogens is 471 g/mol. The maximum atomic E-state index is 13.0. The third-order valence-electron chi connectivity index (χ3n) is 5.67. The predicted octanol–water partition coefficient (Wildman–Crippen LogP) is 5.75. The van der Waals surface area contributed by atoms with Crippen molar-refractivity contribution in [3.8, 4) is 34.0 Å². The lowest BCUT2D eigenvalue weighted by Crippen LogP contribution is -2.25. The van der Waals surface area contributed by atoms with Gasteiger partial charge in [0.15, 0.2) is 11.5 Å². The number of rotatable bonds is 8. The van der Waals surface area contributed by atoms with Crippen molar-refractivity contribution in [2.45, 2.75) is 12.6 Å². The SMILES string of the molecule is COc1ccc(CCNC(=O)c2ccc(-c3cc(-c4cccc(C(F)(F)F)c4)n[nH]3)cc2)cc1OC. The van der Waals surface area contributed by atoms with Crippen LogP contribution < -0.4 is 14.8 Å². The number of H-pyrrole nitrogens is 1. The first kappa shape index (κ1) is 24.8. The molecule has 0 saturated carbocycles. The molecule has 0 aliphatic heterocycles. The third kappa shape index (κ3) is 5.68. The molecule has 4 aromatic rings. The number of aromatic amines is 1. The molecule has 0 spiro atoms. The second-order valence-electron chi connectivity index (χ2n) is 8.02. The highest BCUT2D eigenvalue weighted by Gasteiger charge is 2.30. The third-order valence-corrected chi connectivity index (χ3v) is 5.67. The lowest BCUT2D eigenvalue weighted by molar-refractivity contribution is -0.137. The molecule has 0 saturated heterocycles. The van der Waals surface area contributed by atoms with Crippen molar-refractivity contribution in [2.24, 2.45) is 0 Å². The Hall–Kier alpha value is -4.27. The summed E-state index contributed by atoms with van der Waals surface area (Å²) < 4.78 is 49.6. The lowest BCUT2D eigenvalue weighted by atomic mass is 10.1. The molecule has 1 amide bonds. The molecule has 6 nitrogen and oxygen atoms in total. The highest BCUT2D eigenvalue weighted by molar-refractivity contribution is 5.94. The van der Waals surface area contributed by atoms with E-state index in [9.17, 15) is 18.0 Å². The number of hydrogen-bond donors (Lipinski definition) is 2.